The summed E-state index contributed by atoms with van der Waals surface area (Å²) in [6, 6.07) is 14.4. The summed E-state index contributed by atoms with van der Waals surface area (Å²) in [4.78, 5) is 0. The molecule has 0 saturated carbocycles. The minimum Gasteiger partial charge on any atom is -0.300 e. The summed E-state index contributed by atoms with van der Waals surface area (Å²) in [5, 5.41) is 8.11. The second-order valence-corrected chi connectivity index (χ2v) is 3.97. The first-order valence-electron chi connectivity index (χ1n) is 5.07. The third-order valence-electron chi connectivity index (χ3n) is 2.93. The number of hydrogen-bond acceptors (Lipinski definition) is 1. The molecule has 1 aliphatic rings. The Morgan fingerprint density at radius 1 is 0.800 bits per heavy atom. The van der Waals surface area contributed by atoms with Crippen LogP contribution in [0.1, 0.15) is 16.7 Å². The largest absolute Gasteiger partial charge is 0.300 e. The second-order valence-electron chi connectivity index (χ2n) is 3.97. The molecule has 15 heavy (non-hydrogen) atoms. The Kier molecular flexibility index (Phi) is 1.57. The first kappa shape index (κ1) is 8.42. The maximum absolute atomic E-state index is 8.11. The van der Waals surface area contributed by atoms with Crippen molar-refractivity contribution in [1.82, 2.24) is 0 Å². The zero-order valence-corrected chi connectivity index (χ0v) is 8.54. The lowest BCUT2D eigenvalue weighted by Crippen LogP contribution is -1.94. The smallest absolute Gasteiger partial charge is 0.0697 e. The molecular formula is C14H11N. The molecule has 0 saturated heterocycles. The number of benzene rings is 2. The summed E-state index contributed by atoms with van der Waals surface area (Å²) in [5.74, 6) is 0. The van der Waals surface area contributed by atoms with Crippen molar-refractivity contribution in [2.45, 2.75) is 6.92 Å². The molecule has 0 aromatic heterocycles. The van der Waals surface area contributed by atoms with Gasteiger partial charge in [0.2, 0.25) is 0 Å². The fraction of sp³-hybridized carbons (Fsp3) is 0.0714. The van der Waals surface area contributed by atoms with E-state index in [4.69, 9.17) is 5.41 Å². The van der Waals surface area contributed by atoms with Gasteiger partial charge in [-0.3, -0.25) is 5.41 Å². The zero-order chi connectivity index (χ0) is 10.4. The highest BCUT2D eigenvalue weighted by molar-refractivity contribution is 6.23. The fourth-order valence-electron chi connectivity index (χ4n) is 2.18. The van der Waals surface area contributed by atoms with Crippen LogP contribution in [-0.4, -0.2) is 5.71 Å². The third kappa shape index (κ3) is 1.06. The van der Waals surface area contributed by atoms with E-state index in [9.17, 15) is 0 Å². The van der Waals surface area contributed by atoms with E-state index in [1.807, 2.05) is 18.2 Å². The molecule has 0 unspecified atom stereocenters. The van der Waals surface area contributed by atoms with Crippen LogP contribution < -0.4 is 0 Å². The van der Waals surface area contributed by atoms with Gasteiger partial charge in [-0.2, -0.15) is 0 Å². The van der Waals surface area contributed by atoms with E-state index in [2.05, 4.69) is 31.2 Å². The van der Waals surface area contributed by atoms with Crippen molar-refractivity contribution in [3.8, 4) is 11.1 Å². The maximum Gasteiger partial charge on any atom is 0.0697 e. The molecule has 0 amide bonds. The van der Waals surface area contributed by atoms with Crippen LogP contribution in [0.5, 0.6) is 0 Å². The highest BCUT2D eigenvalue weighted by Crippen LogP contribution is 2.36. The van der Waals surface area contributed by atoms with Crippen LogP contribution in [-0.2, 0) is 0 Å². The van der Waals surface area contributed by atoms with Gasteiger partial charge >= 0.3 is 0 Å². The molecule has 0 fully saturated rings. The van der Waals surface area contributed by atoms with Crippen molar-refractivity contribution in [3.63, 3.8) is 0 Å². The van der Waals surface area contributed by atoms with Crippen LogP contribution in [0, 0.1) is 12.3 Å². The summed E-state index contributed by atoms with van der Waals surface area (Å²) in [7, 11) is 0. The molecule has 2 aromatic rings. The van der Waals surface area contributed by atoms with Gasteiger partial charge in [0.05, 0.1) is 5.71 Å². The third-order valence-corrected chi connectivity index (χ3v) is 2.93. The van der Waals surface area contributed by atoms with Crippen molar-refractivity contribution < 1.29 is 0 Å². The van der Waals surface area contributed by atoms with Gasteiger partial charge in [-0.1, -0.05) is 42.0 Å². The topological polar surface area (TPSA) is 23.9 Å². The second kappa shape index (κ2) is 2.80. The van der Waals surface area contributed by atoms with Gasteiger partial charge < -0.3 is 0 Å². The van der Waals surface area contributed by atoms with Crippen LogP contribution in [0.4, 0.5) is 0 Å². The summed E-state index contributed by atoms with van der Waals surface area (Å²) in [6.07, 6.45) is 0. The Morgan fingerprint density at radius 3 is 2.27 bits per heavy atom. The number of nitrogens with one attached hydrogen (secondary N) is 1. The SMILES string of the molecule is Cc1ccc2c(c1)C(=N)c1ccccc1-2. The van der Waals surface area contributed by atoms with Crippen LogP contribution in [0.2, 0.25) is 0 Å². The molecule has 0 bridgehead atoms. The lowest BCUT2D eigenvalue weighted by Gasteiger charge is -2.00. The molecule has 3 rings (SSSR count). The molecule has 72 valence electrons. The number of aryl methyl sites for hydroxylation is 1. The Labute approximate surface area is 88.9 Å². The molecule has 1 nitrogen and oxygen atoms in total. The van der Waals surface area contributed by atoms with Crippen molar-refractivity contribution in [2.24, 2.45) is 0 Å². The maximum atomic E-state index is 8.11. The highest BCUT2D eigenvalue weighted by atomic mass is 14.5. The summed E-state index contributed by atoms with van der Waals surface area (Å²) < 4.78 is 0. The minimum absolute atomic E-state index is 0.657. The predicted molar refractivity (Wildman–Crippen MR) is 62.5 cm³/mol. The molecule has 1 aliphatic carbocycles. The van der Waals surface area contributed by atoms with Gasteiger partial charge in [0.1, 0.15) is 0 Å². The molecule has 0 aliphatic heterocycles. The molecule has 0 spiro atoms. The monoisotopic (exact) mass is 193 g/mol. The number of rotatable bonds is 0. The van der Waals surface area contributed by atoms with Crippen LogP contribution >= 0.6 is 0 Å². The van der Waals surface area contributed by atoms with Crippen LogP contribution in [0.15, 0.2) is 42.5 Å². The van der Waals surface area contributed by atoms with E-state index in [0.29, 0.717) is 5.71 Å². The minimum atomic E-state index is 0.657. The lowest BCUT2D eigenvalue weighted by molar-refractivity contribution is 1.45. The number of hydrogen-bond donors (Lipinski definition) is 1. The van der Waals surface area contributed by atoms with E-state index in [1.165, 1.54) is 16.7 Å². The summed E-state index contributed by atoms with van der Waals surface area (Å²) in [5.41, 5.74) is 6.38. The Morgan fingerprint density at radius 2 is 1.47 bits per heavy atom. The summed E-state index contributed by atoms with van der Waals surface area (Å²) >= 11 is 0. The highest BCUT2D eigenvalue weighted by Gasteiger charge is 2.22. The van der Waals surface area contributed by atoms with Gasteiger partial charge in [-0.25, -0.2) is 0 Å². The van der Waals surface area contributed by atoms with E-state index >= 15 is 0 Å². The van der Waals surface area contributed by atoms with Crippen molar-refractivity contribution in [3.05, 3.63) is 59.2 Å². The molecule has 2 aromatic carbocycles. The van der Waals surface area contributed by atoms with E-state index in [0.717, 1.165) is 11.1 Å². The Bertz CT molecular complexity index is 567. The molecule has 0 radical (unpaired) electrons. The van der Waals surface area contributed by atoms with E-state index < -0.39 is 0 Å². The van der Waals surface area contributed by atoms with E-state index in [-0.39, 0.29) is 0 Å². The quantitative estimate of drug-likeness (QED) is 0.566. The zero-order valence-electron chi connectivity index (χ0n) is 8.54. The van der Waals surface area contributed by atoms with Gasteiger partial charge in [0.15, 0.2) is 0 Å². The van der Waals surface area contributed by atoms with Crippen molar-refractivity contribution in [1.29, 1.82) is 5.41 Å². The lowest BCUT2D eigenvalue weighted by atomic mass is 10.0. The van der Waals surface area contributed by atoms with Crippen molar-refractivity contribution >= 4 is 5.71 Å². The molecule has 0 heterocycles. The Balaban J connectivity index is 2.38. The average molecular weight is 193 g/mol. The molecule has 0 atom stereocenters. The van der Waals surface area contributed by atoms with Gasteiger partial charge in [-0.05, 0) is 24.1 Å². The van der Waals surface area contributed by atoms with Crippen LogP contribution in [0.3, 0.4) is 0 Å². The standard InChI is InChI=1S/C14H11N/c1-9-6-7-11-10-4-2-3-5-12(10)14(15)13(11)8-9/h2-8,15H,1H3. The van der Waals surface area contributed by atoms with E-state index in [1.54, 1.807) is 0 Å². The van der Waals surface area contributed by atoms with Gasteiger partial charge in [0.25, 0.3) is 0 Å². The normalized spacial score (nSPS) is 12.5. The number of fused-ring (bicyclic) bond motifs is 3. The Hall–Kier alpha value is -1.89. The average Bonchev–Trinajstić information content (AvgIpc) is 2.54. The first-order valence-corrected chi connectivity index (χ1v) is 5.07. The predicted octanol–water partition coefficient (Wildman–Crippen LogP) is 3.39. The van der Waals surface area contributed by atoms with Crippen LogP contribution in [0.25, 0.3) is 11.1 Å². The molecule has 1 N–H and O–H groups in total. The molecule has 1 heteroatoms. The first-order chi connectivity index (χ1) is 7.27. The van der Waals surface area contributed by atoms with Gasteiger partial charge in [0, 0.05) is 11.1 Å². The van der Waals surface area contributed by atoms with Crippen molar-refractivity contribution in [2.75, 3.05) is 0 Å². The summed E-state index contributed by atoms with van der Waals surface area (Å²) in [6.45, 7) is 2.07. The molecular weight excluding hydrogens is 182 g/mol. The fourth-order valence-corrected chi connectivity index (χ4v) is 2.18. The van der Waals surface area contributed by atoms with Gasteiger partial charge in [-0.15, -0.1) is 0 Å².